The summed E-state index contributed by atoms with van der Waals surface area (Å²) in [6.45, 7) is 8.57. The molecule has 0 aliphatic rings. The fraction of sp³-hybridized carbons (Fsp3) is 0.727. The minimum absolute atomic E-state index is 0.103. The lowest BCUT2D eigenvalue weighted by molar-refractivity contribution is 0.545. The zero-order valence-corrected chi connectivity index (χ0v) is 9.83. The van der Waals surface area contributed by atoms with Crippen LogP contribution in [0.4, 0.5) is 0 Å². The van der Waals surface area contributed by atoms with Gasteiger partial charge in [-0.1, -0.05) is 20.8 Å². The third kappa shape index (κ3) is 2.58. The summed E-state index contributed by atoms with van der Waals surface area (Å²) in [7, 11) is 1.96. The molecular weight excluding hydrogens is 174 g/mol. The van der Waals surface area contributed by atoms with E-state index in [9.17, 15) is 0 Å². The van der Waals surface area contributed by atoms with E-state index in [1.165, 1.54) is 5.56 Å². The molecule has 1 rings (SSSR count). The molecule has 0 aliphatic carbocycles. The predicted octanol–water partition coefficient (Wildman–Crippen LogP) is 1.61. The highest BCUT2D eigenvalue weighted by Crippen LogP contribution is 2.24. The number of hydrogen-bond acceptors (Lipinski definition) is 2. The van der Waals surface area contributed by atoms with Gasteiger partial charge in [-0.3, -0.25) is 4.68 Å². The van der Waals surface area contributed by atoms with Gasteiger partial charge in [0.2, 0.25) is 0 Å². The maximum Gasteiger partial charge on any atom is 0.0710 e. The molecule has 1 heterocycles. The van der Waals surface area contributed by atoms with E-state index in [0.29, 0.717) is 0 Å². The van der Waals surface area contributed by atoms with Gasteiger partial charge in [0, 0.05) is 24.7 Å². The normalized spacial score (nSPS) is 14.4. The van der Waals surface area contributed by atoms with Gasteiger partial charge in [-0.2, -0.15) is 5.10 Å². The Morgan fingerprint density at radius 1 is 1.50 bits per heavy atom. The van der Waals surface area contributed by atoms with Crippen molar-refractivity contribution in [2.45, 2.75) is 45.6 Å². The molecule has 3 heteroatoms. The molecule has 0 aromatic carbocycles. The number of rotatable bonds is 2. The number of nitrogens with zero attached hydrogens (tertiary/aromatic N) is 2. The number of aromatic nitrogens is 2. The van der Waals surface area contributed by atoms with E-state index < -0.39 is 0 Å². The number of nitrogens with two attached hydrogens (primary N) is 1. The summed E-state index contributed by atoms with van der Waals surface area (Å²) in [4.78, 5) is 0. The van der Waals surface area contributed by atoms with E-state index in [2.05, 4.69) is 32.1 Å². The van der Waals surface area contributed by atoms with Gasteiger partial charge in [0.05, 0.1) is 5.69 Å². The molecule has 1 aromatic rings. The van der Waals surface area contributed by atoms with Gasteiger partial charge in [-0.25, -0.2) is 0 Å². The van der Waals surface area contributed by atoms with E-state index in [4.69, 9.17) is 5.73 Å². The summed E-state index contributed by atoms with van der Waals surface area (Å²) in [6.07, 6.45) is 2.98. The molecule has 0 unspecified atom stereocenters. The largest absolute Gasteiger partial charge is 0.328 e. The van der Waals surface area contributed by atoms with Gasteiger partial charge in [0.15, 0.2) is 0 Å². The fourth-order valence-corrected chi connectivity index (χ4v) is 1.67. The van der Waals surface area contributed by atoms with Gasteiger partial charge in [-0.05, 0) is 18.9 Å². The van der Waals surface area contributed by atoms with Crippen LogP contribution in [0.1, 0.15) is 39.0 Å². The van der Waals surface area contributed by atoms with E-state index in [-0.39, 0.29) is 11.5 Å². The van der Waals surface area contributed by atoms with Crippen LogP contribution < -0.4 is 5.73 Å². The lowest BCUT2D eigenvalue weighted by Gasteiger charge is -2.18. The zero-order chi connectivity index (χ0) is 10.9. The first kappa shape index (κ1) is 11.2. The molecule has 0 saturated heterocycles. The smallest absolute Gasteiger partial charge is 0.0710 e. The Hall–Kier alpha value is -0.830. The molecule has 80 valence electrons. The van der Waals surface area contributed by atoms with Crippen molar-refractivity contribution < 1.29 is 0 Å². The molecule has 1 aromatic heterocycles. The lowest BCUT2D eigenvalue weighted by atomic mass is 9.88. The first-order valence-electron chi connectivity index (χ1n) is 5.09. The standard InChI is InChI=1S/C11H21N3/c1-8(12)6-9-7-14(5)13-10(9)11(2,3)4/h7-8H,6,12H2,1-5H3/t8-/m0/s1. The number of hydrogen-bond donors (Lipinski definition) is 1. The summed E-state index contributed by atoms with van der Waals surface area (Å²) in [5, 5.41) is 4.50. The highest BCUT2D eigenvalue weighted by Gasteiger charge is 2.21. The van der Waals surface area contributed by atoms with Crippen LogP contribution in [0.15, 0.2) is 6.20 Å². The second kappa shape index (κ2) is 3.73. The Bertz CT molecular complexity index is 305. The first-order chi connectivity index (χ1) is 6.30. The minimum atomic E-state index is 0.103. The molecule has 0 spiro atoms. The monoisotopic (exact) mass is 195 g/mol. The third-order valence-corrected chi connectivity index (χ3v) is 2.16. The second-order valence-corrected chi connectivity index (χ2v) is 5.11. The molecule has 0 aliphatic heterocycles. The zero-order valence-electron chi connectivity index (χ0n) is 9.83. The van der Waals surface area contributed by atoms with Crippen LogP contribution in [0.2, 0.25) is 0 Å². The Morgan fingerprint density at radius 2 is 2.07 bits per heavy atom. The summed E-state index contributed by atoms with van der Waals surface area (Å²) in [5.74, 6) is 0. The van der Waals surface area contributed by atoms with Gasteiger partial charge in [-0.15, -0.1) is 0 Å². The van der Waals surface area contributed by atoms with Gasteiger partial charge < -0.3 is 5.73 Å². The van der Waals surface area contributed by atoms with Crippen molar-refractivity contribution in [3.8, 4) is 0 Å². The second-order valence-electron chi connectivity index (χ2n) is 5.11. The average Bonchev–Trinajstić information content (AvgIpc) is 2.28. The van der Waals surface area contributed by atoms with Crippen molar-refractivity contribution in [1.82, 2.24) is 9.78 Å². The molecule has 0 fully saturated rings. The van der Waals surface area contributed by atoms with Crippen LogP contribution in [0.5, 0.6) is 0 Å². The summed E-state index contributed by atoms with van der Waals surface area (Å²) in [5.41, 5.74) is 8.35. The van der Waals surface area contributed by atoms with Crippen LogP contribution in [0.3, 0.4) is 0 Å². The van der Waals surface area contributed by atoms with Crippen LogP contribution >= 0.6 is 0 Å². The molecule has 0 radical (unpaired) electrons. The van der Waals surface area contributed by atoms with Crippen molar-refractivity contribution in [2.24, 2.45) is 12.8 Å². The quantitative estimate of drug-likeness (QED) is 0.779. The maximum atomic E-state index is 5.81. The van der Waals surface area contributed by atoms with Crippen LogP contribution in [-0.2, 0) is 18.9 Å². The Kier molecular flexibility index (Phi) is 3.00. The number of aryl methyl sites for hydroxylation is 1. The lowest BCUT2D eigenvalue weighted by Crippen LogP contribution is -2.21. The molecule has 0 bridgehead atoms. The van der Waals surface area contributed by atoms with Crippen LogP contribution in [0, 0.1) is 0 Å². The SMILES string of the molecule is C[C@H](N)Cc1cn(C)nc1C(C)(C)C. The van der Waals surface area contributed by atoms with E-state index in [0.717, 1.165) is 12.1 Å². The predicted molar refractivity (Wildman–Crippen MR) is 59.3 cm³/mol. The van der Waals surface area contributed by atoms with Gasteiger partial charge in [0.1, 0.15) is 0 Å². The minimum Gasteiger partial charge on any atom is -0.328 e. The Morgan fingerprint density at radius 3 is 2.50 bits per heavy atom. The van der Waals surface area contributed by atoms with Crippen molar-refractivity contribution in [2.75, 3.05) is 0 Å². The average molecular weight is 195 g/mol. The van der Waals surface area contributed by atoms with E-state index >= 15 is 0 Å². The molecule has 0 saturated carbocycles. The molecule has 3 nitrogen and oxygen atoms in total. The first-order valence-corrected chi connectivity index (χ1v) is 5.09. The molecule has 1 atom stereocenters. The van der Waals surface area contributed by atoms with Crippen LogP contribution in [0.25, 0.3) is 0 Å². The fourth-order valence-electron chi connectivity index (χ4n) is 1.67. The molecule has 14 heavy (non-hydrogen) atoms. The van der Waals surface area contributed by atoms with Crippen molar-refractivity contribution in [1.29, 1.82) is 0 Å². The summed E-state index contributed by atoms with van der Waals surface area (Å²) in [6, 6.07) is 0.195. The maximum absolute atomic E-state index is 5.81. The topological polar surface area (TPSA) is 43.8 Å². The molecule has 2 N–H and O–H groups in total. The highest BCUT2D eigenvalue weighted by molar-refractivity contribution is 5.24. The van der Waals surface area contributed by atoms with Crippen molar-refractivity contribution >= 4 is 0 Å². The van der Waals surface area contributed by atoms with Crippen molar-refractivity contribution in [3.63, 3.8) is 0 Å². The van der Waals surface area contributed by atoms with Gasteiger partial charge in [0.25, 0.3) is 0 Å². The summed E-state index contributed by atoms with van der Waals surface area (Å²) < 4.78 is 1.87. The third-order valence-electron chi connectivity index (χ3n) is 2.16. The Labute approximate surface area is 86.3 Å². The summed E-state index contributed by atoms with van der Waals surface area (Å²) >= 11 is 0. The van der Waals surface area contributed by atoms with Crippen LogP contribution in [-0.4, -0.2) is 15.8 Å². The van der Waals surface area contributed by atoms with Crippen molar-refractivity contribution in [3.05, 3.63) is 17.5 Å². The van der Waals surface area contributed by atoms with E-state index in [1.807, 2.05) is 18.7 Å². The highest BCUT2D eigenvalue weighted by atomic mass is 15.3. The van der Waals surface area contributed by atoms with E-state index in [1.54, 1.807) is 0 Å². The Balaban J connectivity index is 3.03. The molecule has 0 amide bonds. The molecular formula is C11H21N3. The van der Waals surface area contributed by atoms with Gasteiger partial charge >= 0.3 is 0 Å².